The fourth-order valence-corrected chi connectivity index (χ4v) is 1.99. The van der Waals surface area contributed by atoms with Crippen LogP contribution in [0, 0.1) is 0 Å². The minimum absolute atomic E-state index is 0.0614. The molecule has 0 saturated heterocycles. The minimum atomic E-state index is -0.0614. The number of likely N-dealkylation sites (N-methyl/N-ethyl adjacent to an activating group) is 1. The lowest BCUT2D eigenvalue weighted by Gasteiger charge is -2.25. The number of nitrogens with zero attached hydrogens (tertiary/aromatic N) is 1. The SMILES string of the molecule is C=C(C)CN(C)c1cccc(OC)c1[C@@H](C)N. The Kier molecular flexibility index (Phi) is 4.58. The maximum Gasteiger partial charge on any atom is 0.125 e. The fourth-order valence-electron chi connectivity index (χ4n) is 1.99. The lowest BCUT2D eigenvalue weighted by molar-refractivity contribution is 0.407. The number of anilines is 1. The van der Waals surface area contributed by atoms with Crippen molar-refractivity contribution >= 4 is 5.69 Å². The zero-order chi connectivity index (χ0) is 13.0. The third kappa shape index (κ3) is 3.24. The van der Waals surface area contributed by atoms with E-state index >= 15 is 0 Å². The summed E-state index contributed by atoms with van der Waals surface area (Å²) in [7, 11) is 3.71. The fraction of sp³-hybridized carbons (Fsp3) is 0.429. The highest BCUT2D eigenvalue weighted by Gasteiger charge is 2.15. The number of methoxy groups -OCH3 is 1. The van der Waals surface area contributed by atoms with Crippen LogP contribution in [0.2, 0.25) is 0 Å². The Balaban J connectivity index is 3.18. The molecule has 0 aliphatic rings. The normalized spacial score (nSPS) is 12.1. The Bertz CT molecular complexity index is 399. The molecule has 3 nitrogen and oxygen atoms in total. The molecule has 2 N–H and O–H groups in total. The van der Waals surface area contributed by atoms with Crippen LogP contribution in [0.4, 0.5) is 5.69 Å². The van der Waals surface area contributed by atoms with Gasteiger partial charge in [0.05, 0.1) is 7.11 Å². The summed E-state index contributed by atoms with van der Waals surface area (Å²) in [6, 6.07) is 5.92. The van der Waals surface area contributed by atoms with Crippen LogP contribution in [-0.4, -0.2) is 20.7 Å². The lowest BCUT2D eigenvalue weighted by atomic mass is 10.0. The number of rotatable bonds is 5. The molecule has 0 radical (unpaired) electrons. The lowest BCUT2D eigenvalue weighted by Crippen LogP contribution is -2.22. The van der Waals surface area contributed by atoms with E-state index in [2.05, 4.69) is 17.5 Å². The standard InChI is InChI=1S/C14H22N2O/c1-10(2)9-16(4)12-7-6-8-13(17-5)14(12)11(3)15/h6-8,11H,1,9,15H2,2-5H3/t11-/m1/s1. The van der Waals surface area contributed by atoms with Crippen molar-refractivity contribution in [3.63, 3.8) is 0 Å². The van der Waals surface area contributed by atoms with Crippen molar-refractivity contribution in [3.8, 4) is 5.75 Å². The minimum Gasteiger partial charge on any atom is -0.496 e. The smallest absolute Gasteiger partial charge is 0.125 e. The molecule has 0 aliphatic heterocycles. The molecule has 0 heterocycles. The summed E-state index contributed by atoms with van der Waals surface area (Å²) in [6.07, 6.45) is 0. The van der Waals surface area contributed by atoms with Gasteiger partial charge in [-0.1, -0.05) is 18.2 Å². The molecule has 1 aromatic rings. The van der Waals surface area contributed by atoms with Gasteiger partial charge in [0, 0.05) is 30.9 Å². The second kappa shape index (κ2) is 5.73. The first-order chi connectivity index (χ1) is 7.97. The molecule has 0 amide bonds. The summed E-state index contributed by atoms with van der Waals surface area (Å²) in [4.78, 5) is 2.14. The molecule has 0 unspecified atom stereocenters. The Morgan fingerprint density at radius 1 is 1.53 bits per heavy atom. The van der Waals surface area contributed by atoms with Crippen molar-refractivity contribution in [2.45, 2.75) is 19.9 Å². The number of benzene rings is 1. The Labute approximate surface area is 104 Å². The average molecular weight is 234 g/mol. The second-order valence-corrected chi connectivity index (χ2v) is 4.49. The number of ether oxygens (including phenoxy) is 1. The molecule has 0 fully saturated rings. The van der Waals surface area contributed by atoms with Crippen molar-refractivity contribution in [2.75, 3.05) is 25.6 Å². The molecule has 0 saturated carbocycles. The molecule has 0 aliphatic carbocycles. The molecule has 3 heteroatoms. The molecule has 1 rings (SSSR count). The number of hydrogen-bond donors (Lipinski definition) is 1. The van der Waals surface area contributed by atoms with Crippen LogP contribution in [0.1, 0.15) is 25.5 Å². The van der Waals surface area contributed by atoms with Crippen LogP contribution >= 0.6 is 0 Å². The van der Waals surface area contributed by atoms with Gasteiger partial charge in [0.15, 0.2) is 0 Å². The third-order valence-electron chi connectivity index (χ3n) is 2.64. The van der Waals surface area contributed by atoms with Crippen molar-refractivity contribution in [1.82, 2.24) is 0 Å². The van der Waals surface area contributed by atoms with E-state index in [1.807, 2.05) is 33.0 Å². The predicted octanol–water partition coefficient (Wildman–Crippen LogP) is 2.73. The largest absolute Gasteiger partial charge is 0.496 e. The van der Waals surface area contributed by atoms with E-state index < -0.39 is 0 Å². The molecule has 0 bridgehead atoms. The second-order valence-electron chi connectivity index (χ2n) is 4.49. The topological polar surface area (TPSA) is 38.5 Å². The molecule has 0 spiro atoms. The number of hydrogen-bond acceptors (Lipinski definition) is 3. The van der Waals surface area contributed by atoms with E-state index in [0.717, 1.165) is 29.1 Å². The summed E-state index contributed by atoms with van der Waals surface area (Å²) in [5.41, 5.74) is 9.29. The van der Waals surface area contributed by atoms with Crippen LogP contribution in [0.3, 0.4) is 0 Å². The highest BCUT2D eigenvalue weighted by atomic mass is 16.5. The highest BCUT2D eigenvalue weighted by molar-refractivity contribution is 5.60. The van der Waals surface area contributed by atoms with E-state index in [9.17, 15) is 0 Å². The van der Waals surface area contributed by atoms with Crippen LogP contribution in [-0.2, 0) is 0 Å². The quantitative estimate of drug-likeness (QED) is 0.796. The Morgan fingerprint density at radius 2 is 2.18 bits per heavy atom. The average Bonchev–Trinajstić information content (AvgIpc) is 2.26. The summed E-state index contributed by atoms with van der Waals surface area (Å²) >= 11 is 0. The van der Waals surface area contributed by atoms with Crippen LogP contribution in [0.15, 0.2) is 30.4 Å². The summed E-state index contributed by atoms with van der Waals surface area (Å²) < 4.78 is 5.37. The predicted molar refractivity (Wildman–Crippen MR) is 73.7 cm³/mol. The third-order valence-corrected chi connectivity index (χ3v) is 2.64. The van der Waals surface area contributed by atoms with Crippen LogP contribution in [0.5, 0.6) is 5.75 Å². The maximum absolute atomic E-state index is 6.03. The summed E-state index contributed by atoms with van der Waals surface area (Å²) in [5, 5.41) is 0. The van der Waals surface area contributed by atoms with Gasteiger partial charge in [-0.05, 0) is 26.0 Å². The van der Waals surface area contributed by atoms with Gasteiger partial charge >= 0.3 is 0 Å². The Morgan fingerprint density at radius 3 is 2.65 bits per heavy atom. The van der Waals surface area contributed by atoms with Crippen LogP contribution in [0.25, 0.3) is 0 Å². The summed E-state index contributed by atoms with van der Waals surface area (Å²) in [5.74, 6) is 0.839. The van der Waals surface area contributed by atoms with E-state index in [-0.39, 0.29) is 6.04 Å². The molecular formula is C14H22N2O. The first kappa shape index (κ1) is 13.6. The van der Waals surface area contributed by atoms with E-state index in [4.69, 9.17) is 10.5 Å². The highest BCUT2D eigenvalue weighted by Crippen LogP contribution is 2.33. The van der Waals surface area contributed by atoms with Gasteiger partial charge in [-0.2, -0.15) is 0 Å². The van der Waals surface area contributed by atoms with Crippen molar-refractivity contribution in [3.05, 3.63) is 35.9 Å². The van der Waals surface area contributed by atoms with Crippen LogP contribution < -0.4 is 15.4 Å². The first-order valence-electron chi connectivity index (χ1n) is 5.75. The van der Waals surface area contributed by atoms with Gasteiger partial charge in [-0.3, -0.25) is 0 Å². The van der Waals surface area contributed by atoms with E-state index in [0.29, 0.717) is 0 Å². The maximum atomic E-state index is 6.03. The van der Waals surface area contributed by atoms with E-state index in [1.165, 1.54) is 0 Å². The first-order valence-corrected chi connectivity index (χ1v) is 5.75. The number of nitrogens with two attached hydrogens (primary N) is 1. The van der Waals surface area contributed by atoms with E-state index in [1.54, 1.807) is 7.11 Å². The summed E-state index contributed by atoms with van der Waals surface area (Å²) in [6.45, 7) is 8.73. The van der Waals surface area contributed by atoms with Gasteiger partial charge in [0.1, 0.15) is 5.75 Å². The molecule has 0 aromatic heterocycles. The molecule has 17 heavy (non-hydrogen) atoms. The van der Waals surface area contributed by atoms with Gasteiger partial charge in [0.25, 0.3) is 0 Å². The molecular weight excluding hydrogens is 212 g/mol. The van der Waals surface area contributed by atoms with Gasteiger partial charge < -0.3 is 15.4 Å². The zero-order valence-electron chi connectivity index (χ0n) is 11.2. The van der Waals surface area contributed by atoms with Crippen molar-refractivity contribution in [2.24, 2.45) is 5.73 Å². The Hall–Kier alpha value is -1.48. The van der Waals surface area contributed by atoms with Crippen molar-refractivity contribution < 1.29 is 4.74 Å². The molecule has 1 aromatic carbocycles. The zero-order valence-corrected chi connectivity index (χ0v) is 11.2. The molecule has 94 valence electrons. The molecule has 1 atom stereocenters. The van der Waals surface area contributed by atoms with Crippen molar-refractivity contribution in [1.29, 1.82) is 0 Å². The van der Waals surface area contributed by atoms with Gasteiger partial charge in [0.2, 0.25) is 0 Å². The van der Waals surface area contributed by atoms with Gasteiger partial charge in [-0.15, -0.1) is 0 Å². The van der Waals surface area contributed by atoms with Gasteiger partial charge in [-0.25, -0.2) is 0 Å². The monoisotopic (exact) mass is 234 g/mol.